The number of likely N-dealkylation sites (tertiary alicyclic amines) is 1. The molecular weight excluding hydrogens is 274 g/mol. The van der Waals surface area contributed by atoms with Crippen molar-refractivity contribution >= 4 is 5.91 Å². The van der Waals surface area contributed by atoms with Gasteiger partial charge in [-0.1, -0.05) is 50.6 Å². The Morgan fingerprint density at radius 1 is 1.32 bits per heavy atom. The molecule has 22 heavy (non-hydrogen) atoms. The molecule has 1 aromatic carbocycles. The minimum Gasteiger partial charge on any atom is -0.353 e. The van der Waals surface area contributed by atoms with E-state index >= 15 is 0 Å². The van der Waals surface area contributed by atoms with Crippen LogP contribution in [0.15, 0.2) is 30.3 Å². The summed E-state index contributed by atoms with van der Waals surface area (Å²) in [6, 6.07) is 10.5. The van der Waals surface area contributed by atoms with Gasteiger partial charge < -0.3 is 11.1 Å². The molecule has 0 bridgehead atoms. The third kappa shape index (κ3) is 4.82. The van der Waals surface area contributed by atoms with Crippen LogP contribution >= 0.6 is 0 Å². The number of rotatable bonds is 6. The van der Waals surface area contributed by atoms with Gasteiger partial charge in [0.05, 0.1) is 6.04 Å². The SMILES string of the molecule is CC(C)[C@H](N)C(=O)NC[C@H]1CCCCN1Cc1ccccc1. The van der Waals surface area contributed by atoms with Crippen molar-refractivity contribution in [3.05, 3.63) is 35.9 Å². The van der Waals surface area contributed by atoms with Gasteiger partial charge in [-0.15, -0.1) is 0 Å². The van der Waals surface area contributed by atoms with Crippen LogP contribution in [0, 0.1) is 5.92 Å². The highest BCUT2D eigenvalue weighted by Gasteiger charge is 2.24. The lowest BCUT2D eigenvalue weighted by Crippen LogP contribution is -2.50. The summed E-state index contributed by atoms with van der Waals surface area (Å²) < 4.78 is 0. The molecule has 0 aliphatic carbocycles. The van der Waals surface area contributed by atoms with E-state index in [0.717, 1.165) is 19.5 Å². The van der Waals surface area contributed by atoms with E-state index in [1.165, 1.54) is 18.4 Å². The maximum absolute atomic E-state index is 12.0. The summed E-state index contributed by atoms with van der Waals surface area (Å²) in [4.78, 5) is 14.5. The molecule has 2 atom stereocenters. The first-order valence-corrected chi connectivity index (χ1v) is 8.39. The lowest BCUT2D eigenvalue weighted by atomic mass is 10.00. The van der Waals surface area contributed by atoms with Gasteiger partial charge in [0, 0.05) is 19.1 Å². The number of nitrogens with zero attached hydrogens (tertiary/aromatic N) is 1. The van der Waals surface area contributed by atoms with Crippen LogP contribution in [-0.2, 0) is 11.3 Å². The molecule has 0 unspecified atom stereocenters. The molecular formula is C18H29N3O. The summed E-state index contributed by atoms with van der Waals surface area (Å²) in [5.41, 5.74) is 7.24. The smallest absolute Gasteiger partial charge is 0.237 e. The second-order valence-corrected chi connectivity index (χ2v) is 6.62. The number of hydrogen-bond donors (Lipinski definition) is 2. The zero-order valence-corrected chi connectivity index (χ0v) is 13.8. The molecule has 1 aliphatic heterocycles. The van der Waals surface area contributed by atoms with Gasteiger partial charge in [0.2, 0.25) is 5.91 Å². The molecule has 1 amide bonds. The predicted octanol–water partition coefficient (Wildman–Crippen LogP) is 2.14. The average molecular weight is 303 g/mol. The number of hydrogen-bond acceptors (Lipinski definition) is 3. The maximum Gasteiger partial charge on any atom is 0.237 e. The average Bonchev–Trinajstić information content (AvgIpc) is 2.54. The Hall–Kier alpha value is -1.39. The standard InChI is InChI=1S/C18H29N3O/c1-14(2)17(19)18(22)20-12-16-10-6-7-11-21(16)13-15-8-4-3-5-9-15/h3-5,8-9,14,16-17H,6-7,10-13,19H2,1-2H3,(H,20,22)/t16-,17+/m1/s1. The summed E-state index contributed by atoms with van der Waals surface area (Å²) >= 11 is 0. The van der Waals surface area contributed by atoms with E-state index < -0.39 is 6.04 Å². The first-order chi connectivity index (χ1) is 10.6. The third-order valence-electron chi connectivity index (χ3n) is 4.51. The van der Waals surface area contributed by atoms with E-state index in [0.29, 0.717) is 12.6 Å². The largest absolute Gasteiger partial charge is 0.353 e. The summed E-state index contributed by atoms with van der Waals surface area (Å²) in [6.07, 6.45) is 3.62. The van der Waals surface area contributed by atoms with Gasteiger partial charge in [0.1, 0.15) is 0 Å². The molecule has 1 fully saturated rings. The number of nitrogens with two attached hydrogens (primary N) is 1. The first kappa shape index (κ1) is 17.0. The van der Waals surface area contributed by atoms with Crippen molar-refractivity contribution in [2.75, 3.05) is 13.1 Å². The van der Waals surface area contributed by atoms with Gasteiger partial charge >= 0.3 is 0 Å². The lowest BCUT2D eigenvalue weighted by molar-refractivity contribution is -0.123. The van der Waals surface area contributed by atoms with E-state index in [1.54, 1.807) is 0 Å². The molecule has 4 nitrogen and oxygen atoms in total. The minimum atomic E-state index is -0.411. The highest BCUT2D eigenvalue weighted by Crippen LogP contribution is 2.19. The van der Waals surface area contributed by atoms with Crippen molar-refractivity contribution in [1.29, 1.82) is 0 Å². The molecule has 0 saturated carbocycles. The summed E-state index contributed by atoms with van der Waals surface area (Å²) in [5.74, 6) is 0.145. The van der Waals surface area contributed by atoms with Gasteiger partial charge in [-0.2, -0.15) is 0 Å². The Balaban J connectivity index is 1.88. The summed E-state index contributed by atoms with van der Waals surface area (Å²) in [6.45, 7) is 6.72. The molecule has 3 N–H and O–H groups in total. The Morgan fingerprint density at radius 3 is 2.73 bits per heavy atom. The zero-order valence-electron chi connectivity index (χ0n) is 13.8. The quantitative estimate of drug-likeness (QED) is 0.846. The normalized spacial score (nSPS) is 20.8. The molecule has 4 heteroatoms. The van der Waals surface area contributed by atoms with Gasteiger partial charge in [0.25, 0.3) is 0 Å². The van der Waals surface area contributed by atoms with E-state index in [-0.39, 0.29) is 11.8 Å². The third-order valence-corrected chi connectivity index (χ3v) is 4.51. The minimum absolute atomic E-state index is 0.0276. The Labute approximate surface area is 134 Å². The number of piperidine rings is 1. The molecule has 0 radical (unpaired) electrons. The van der Waals surface area contributed by atoms with Gasteiger partial charge in [-0.05, 0) is 30.9 Å². The molecule has 0 aromatic heterocycles. The number of amides is 1. The molecule has 0 spiro atoms. The Kier molecular flexibility index (Phi) is 6.40. The zero-order chi connectivity index (χ0) is 15.9. The van der Waals surface area contributed by atoms with Crippen molar-refractivity contribution in [2.24, 2.45) is 11.7 Å². The summed E-state index contributed by atoms with van der Waals surface area (Å²) in [5, 5.41) is 3.04. The Bertz CT molecular complexity index is 461. The maximum atomic E-state index is 12.0. The fourth-order valence-electron chi connectivity index (χ4n) is 2.96. The van der Waals surface area contributed by atoms with Crippen LogP contribution in [0.25, 0.3) is 0 Å². The number of carbonyl (C=O) groups is 1. The van der Waals surface area contributed by atoms with Crippen molar-refractivity contribution < 1.29 is 4.79 Å². The monoisotopic (exact) mass is 303 g/mol. The van der Waals surface area contributed by atoms with Crippen LogP contribution in [0.2, 0.25) is 0 Å². The highest BCUT2D eigenvalue weighted by molar-refractivity contribution is 5.81. The van der Waals surface area contributed by atoms with Crippen molar-refractivity contribution in [2.45, 2.75) is 51.7 Å². The van der Waals surface area contributed by atoms with Gasteiger partial charge in [0.15, 0.2) is 0 Å². The number of nitrogens with one attached hydrogen (secondary N) is 1. The lowest BCUT2D eigenvalue weighted by Gasteiger charge is -2.36. The second-order valence-electron chi connectivity index (χ2n) is 6.62. The van der Waals surface area contributed by atoms with Gasteiger partial charge in [-0.3, -0.25) is 9.69 Å². The van der Waals surface area contributed by atoms with Crippen LogP contribution in [0.3, 0.4) is 0 Å². The van der Waals surface area contributed by atoms with Gasteiger partial charge in [-0.25, -0.2) is 0 Å². The van der Waals surface area contributed by atoms with E-state index in [9.17, 15) is 4.79 Å². The molecule has 2 rings (SSSR count). The molecule has 122 valence electrons. The van der Waals surface area contributed by atoms with Crippen molar-refractivity contribution in [3.8, 4) is 0 Å². The number of benzene rings is 1. The molecule has 1 aliphatic rings. The van der Waals surface area contributed by atoms with E-state index in [4.69, 9.17) is 5.73 Å². The number of carbonyl (C=O) groups excluding carboxylic acids is 1. The molecule has 1 saturated heterocycles. The van der Waals surface area contributed by atoms with E-state index in [1.807, 2.05) is 19.9 Å². The van der Waals surface area contributed by atoms with Crippen molar-refractivity contribution in [3.63, 3.8) is 0 Å². The fraction of sp³-hybridized carbons (Fsp3) is 0.611. The van der Waals surface area contributed by atoms with E-state index in [2.05, 4.69) is 34.5 Å². The Morgan fingerprint density at radius 2 is 2.05 bits per heavy atom. The fourth-order valence-corrected chi connectivity index (χ4v) is 2.96. The first-order valence-electron chi connectivity index (χ1n) is 8.39. The highest BCUT2D eigenvalue weighted by atomic mass is 16.2. The molecule has 1 aromatic rings. The van der Waals surface area contributed by atoms with Crippen LogP contribution < -0.4 is 11.1 Å². The summed E-state index contributed by atoms with van der Waals surface area (Å²) in [7, 11) is 0. The van der Waals surface area contributed by atoms with Crippen LogP contribution in [-0.4, -0.2) is 36.0 Å². The molecule has 1 heterocycles. The predicted molar refractivity (Wildman–Crippen MR) is 90.3 cm³/mol. The van der Waals surface area contributed by atoms with Crippen LogP contribution in [0.4, 0.5) is 0 Å². The second kappa shape index (κ2) is 8.30. The van der Waals surface area contributed by atoms with Crippen LogP contribution in [0.1, 0.15) is 38.7 Å². The van der Waals surface area contributed by atoms with Crippen molar-refractivity contribution in [1.82, 2.24) is 10.2 Å². The topological polar surface area (TPSA) is 58.4 Å². The van der Waals surface area contributed by atoms with Crippen LogP contribution in [0.5, 0.6) is 0 Å².